The second-order valence-corrected chi connectivity index (χ2v) is 5.77. The largest absolute Gasteiger partial charge is 0.393 e. The summed E-state index contributed by atoms with van der Waals surface area (Å²) in [6, 6.07) is 7.18. The van der Waals surface area contributed by atoms with Gasteiger partial charge in [-0.1, -0.05) is 6.07 Å². The molecule has 21 heavy (non-hydrogen) atoms. The Morgan fingerprint density at radius 1 is 1.43 bits per heavy atom. The van der Waals surface area contributed by atoms with Crippen LogP contribution in [0.15, 0.2) is 30.5 Å². The molecule has 2 heterocycles. The van der Waals surface area contributed by atoms with Gasteiger partial charge in [0.05, 0.1) is 11.8 Å². The van der Waals surface area contributed by atoms with E-state index in [1.807, 2.05) is 32.0 Å². The molecule has 112 valence electrons. The van der Waals surface area contributed by atoms with E-state index in [9.17, 15) is 9.90 Å². The van der Waals surface area contributed by atoms with Gasteiger partial charge in [0.1, 0.15) is 11.4 Å². The van der Waals surface area contributed by atoms with E-state index < -0.39 is 11.6 Å². The normalized spacial score (nSPS) is 13.0. The van der Waals surface area contributed by atoms with Crippen LogP contribution in [0.2, 0.25) is 0 Å². The van der Waals surface area contributed by atoms with Crippen molar-refractivity contribution in [1.29, 1.82) is 0 Å². The summed E-state index contributed by atoms with van der Waals surface area (Å²) in [5.74, 6) is -0.254. The first-order valence-corrected chi connectivity index (χ1v) is 6.85. The number of aromatic nitrogens is 3. The molecule has 6 nitrogen and oxygen atoms in total. The number of nitrogens with one attached hydrogen (secondary N) is 2. The van der Waals surface area contributed by atoms with Crippen LogP contribution in [0.4, 0.5) is 0 Å². The van der Waals surface area contributed by atoms with Crippen LogP contribution in [0.1, 0.15) is 37.7 Å². The lowest BCUT2D eigenvalue weighted by atomic mass is 9.97. The summed E-state index contributed by atoms with van der Waals surface area (Å²) in [4.78, 5) is 16.4. The van der Waals surface area contributed by atoms with Crippen molar-refractivity contribution in [2.45, 2.75) is 38.8 Å². The van der Waals surface area contributed by atoms with Gasteiger partial charge in [-0.2, -0.15) is 5.10 Å². The first kappa shape index (κ1) is 15.2. The fourth-order valence-corrected chi connectivity index (χ4v) is 2.25. The Bertz CT molecular complexity index is 605. The van der Waals surface area contributed by atoms with Crippen LogP contribution in [0, 0.1) is 0 Å². The van der Waals surface area contributed by atoms with E-state index in [4.69, 9.17) is 0 Å². The average Bonchev–Trinajstić information content (AvgIpc) is 2.87. The van der Waals surface area contributed by atoms with E-state index in [0.717, 1.165) is 0 Å². The summed E-state index contributed by atoms with van der Waals surface area (Å²) in [5, 5.41) is 19.1. The third-order valence-electron chi connectivity index (χ3n) is 3.01. The van der Waals surface area contributed by atoms with Gasteiger partial charge in [0.25, 0.3) is 5.91 Å². The third kappa shape index (κ3) is 4.13. The van der Waals surface area contributed by atoms with Crippen molar-refractivity contribution in [2.75, 3.05) is 0 Å². The van der Waals surface area contributed by atoms with Gasteiger partial charge in [-0.05, 0) is 45.4 Å². The molecule has 1 unspecified atom stereocenters. The summed E-state index contributed by atoms with van der Waals surface area (Å²) in [7, 11) is 0. The predicted octanol–water partition coefficient (Wildman–Crippen LogP) is 1.75. The summed E-state index contributed by atoms with van der Waals surface area (Å²) < 4.78 is 0. The number of hydrogen-bond acceptors (Lipinski definition) is 4. The molecule has 2 aromatic rings. The average molecular weight is 288 g/mol. The van der Waals surface area contributed by atoms with Gasteiger partial charge < -0.3 is 10.4 Å². The van der Waals surface area contributed by atoms with Crippen molar-refractivity contribution in [3.8, 4) is 11.4 Å². The highest BCUT2D eigenvalue weighted by Gasteiger charge is 2.24. The molecule has 0 radical (unpaired) electrons. The van der Waals surface area contributed by atoms with Gasteiger partial charge in [0.2, 0.25) is 0 Å². The van der Waals surface area contributed by atoms with Gasteiger partial charge >= 0.3 is 0 Å². The zero-order chi connectivity index (χ0) is 15.5. The number of pyridine rings is 1. The molecule has 0 saturated heterocycles. The van der Waals surface area contributed by atoms with Crippen LogP contribution in [0.5, 0.6) is 0 Å². The van der Waals surface area contributed by atoms with E-state index in [1.165, 1.54) is 0 Å². The molecule has 0 fully saturated rings. The van der Waals surface area contributed by atoms with Crippen LogP contribution >= 0.6 is 0 Å². The number of carbonyl (C=O) groups excluding carboxylic acids is 1. The smallest absolute Gasteiger partial charge is 0.269 e. The molecule has 0 aromatic carbocycles. The summed E-state index contributed by atoms with van der Waals surface area (Å²) in [6.07, 6.45) is 1.67. The highest BCUT2D eigenvalue weighted by Crippen LogP contribution is 2.16. The fourth-order valence-electron chi connectivity index (χ4n) is 2.25. The third-order valence-corrected chi connectivity index (χ3v) is 3.01. The van der Waals surface area contributed by atoms with Crippen LogP contribution in [-0.2, 0) is 0 Å². The molecule has 3 N–H and O–H groups in total. The number of hydrogen-bond donors (Lipinski definition) is 3. The Morgan fingerprint density at radius 3 is 2.81 bits per heavy atom. The highest BCUT2D eigenvalue weighted by molar-refractivity contribution is 5.93. The molecule has 0 aliphatic carbocycles. The maximum Gasteiger partial charge on any atom is 0.269 e. The SMILES string of the molecule is CC(O)CC(C)(C)NC(=O)c1cc(-c2ccccn2)n[nH]1. The molecule has 1 amide bonds. The van der Waals surface area contributed by atoms with E-state index in [-0.39, 0.29) is 5.91 Å². The number of nitrogens with zero attached hydrogens (tertiary/aromatic N) is 2. The van der Waals surface area contributed by atoms with E-state index >= 15 is 0 Å². The molecular weight excluding hydrogens is 268 g/mol. The topological polar surface area (TPSA) is 90.9 Å². The molecule has 6 heteroatoms. The van der Waals surface area contributed by atoms with Crippen LogP contribution < -0.4 is 5.32 Å². The molecule has 0 aliphatic heterocycles. The molecular formula is C15H20N4O2. The number of rotatable bonds is 5. The van der Waals surface area contributed by atoms with Gasteiger partial charge in [-0.15, -0.1) is 0 Å². The van der Waals surface area contributed by atoms with Crippen LogP contribution in [0.3, 0.4) is 0 Å². The van der Waals surface area contributed by atoms with Gasteiger partial charge in [-0.25, -0.2) is 0 Å². The maximum absolute atomic E-state index is 12.2. The molecule has 1 atom stereocenters. The standard InChI is InChI=1S/C15H20N4O2/c1-10(20)9-15(2,3)17-14(21)13-8-12(18-19-13)11-6-4-5-7-16-11/h4-8,10,20H,9H2,1-3H3,(H,17,21)(H,18,19). The fraction of sp³-hybridized carbons (Fsp3) is 0.400. The molecule has 0 aliphatic rings. The van der Waals surface area contributed by atoms with Crippen LogP contribution in [0.25, 0.3) is 11.4 Å². The second-order valence-electron chi connectivity index (χ2n) is 5.77. The molecule has 0 saturated carbocycles. The number of H-pyrrole nitrogens is 1. The lowest BCUT2D eigenvalue weighted by molar-refractivity contribution is 0.0864. The number of amides is 1. The summed E-state index contributed by atoms with van der Waals surface area (Å²) in [5.41, 5.74) is 1.20. The Balaban J connectivity index is 2.09. The number of aromatic amines is 1. The highest BCUT2D eigenvalue weighted by atomic mass is 16.3. The molecule has 2 rings (SSSR count). The van der Waals surface area contributed by atoms with E-state index in [2.05, 4.69) is 20.5 Å². The predicted molar refractivity (Wildman–Crippen MR) is 79.7 cm³/mol. The zero-order valence-corrected chi connectivity index (χ0v) is 12.4. The Morgan fingerprint density at radius 2 is 2.19 bits per heavy atom. The van der Waals surface area contributed by atoms with Crippen LogP contribution in [-0.4, -0.2) is 37.8 Å². The van der Waals surface area contributed by atoms with Gasteiger partial charge in [-0.3, -0.25) is 14.9 Å². The van der Waals surface area contributed by atoms with Crippen molar-refractivity contribution in [2.24, 2.45) is 0 Å². The van der Waals surface area contributed by atoms with Crippen molar-refractivity contribution < 1.29 is 9.90 Å². The Hall–Kier alpha value is -2.21. The minimum Gasteiger partial charge on any atom is -0.393 e. The van der Waals surface area contributed by atoms with Crippen molar-refractivity contribution >= 4 is 5.91 Å². The van der Waals surface area contributed by atoms with Crippen molar-refractivity contribution in [3.63, 3.8) is 0 Å². The van der Waals surface area contributed by atoms with Gasteiger partial charge in [0, 0.05) is 11.7 Å². The minimum atomic E-state index is -0.498. The molecule has 2 aromatic heterocycles. The van der Waals surface area contributed by atoms with Crippen molar-refractivity contribution in [3.05, 3.63) is 36.2 Å². The summed E-state index contributed by atoms with van der Waals surface area (Å²) >= 11 is 0. The lowest BCUT2D eigenvalue weighted by Gasteiger charge is -2.27. The minimum absolute atomic E-state index is 0.254. The van der Waals surface area contributed by atoms with E-state index in [1.54, 1.807) is 19.2 Å². The Labute approximate surface area is 123 Å². The monoisotopic (exact) mass is 288 g/mol. The first-order chi connectivity index (χ1) is 9.87. The maximum atomic E-state index is 12.2. The number of aliphatic hydroxyl groups is 1. The molecule has 0 bridgehead atoms. The lowest BCUT2D eigenvalue weighted by Crippen LogP contribution is -2.45. The second kappa shape index (κ2) is 6.05. The van der Waals surface area contributed by atoms with Gasteiger partial charge in [0.15, 0.2) is 0 Å². The first-order valence-electron chi connectivity index (χ1n) is 6.85. The quantitative estimate of drug-likeness (QED) is 0.781. The zero-order valence-electron chi connectivity index (χ0n) is 12.4. The summed E-state index contributed by atoms with van der Waals surface area (Å²) in [6.45, 7) is 5.44. The number of carbonyl (C=O) groups is 1. The van der Waals surface area contributed by atoms with E-state index in [0.29, 0.717) is 23.5 Å². The Kier molecular flexibility index (Phi) is 4.37. The molecule has 0 spiro atoms. The number of aliphatic hydroxyl groups excluding tert-OH is 1. The van der Waals surface area contributed by atoms with Crippen molar-refractivity contribution in [1.82, 2.24) is 20.5 Å².